The van der Waals surface area contributed by atoms with Crippen LogP contribution >= 0.6 is 0 Å². The van der Waals surface area contributed by atoms with E-state index >= 15 is 0 Å². The second-order valence-electron chi connectivity index (χ2n) is 6.57. The zero-order valence-electron chi connectivity index (χ0n) is 15.8. The summed E-state index contributed by atoms with van der Waals surface area (Å²) < 4.78 is 7.80. The largest absolute Gasteiger partial charge is 0.486 e. The van der Waals surface area contributed by atoms with Crippen molar-refractivity contribution in [2.75, 3.05) is 5.32 Å². The highest BCUT2D eigenvalue weighted by Crippen LogP contribution is 2.21. The number of aromatic nitrogens is 2. The molecule has 0 saturated carbocycles. The number of pyridine rings is 1. The number of imidazole rings is 1. The van der Waals surface area contributed by atoms with E-state index in [1.807, 2.05) is 41.1 Å². The number of fused-ring (bicyclic) bond motifs is 1. The molecule has 0 saturated heterocycles. The number of ketones is 1. The van der Waals surface area contributed by atoms with Crippen LogP contribution in [0, 0.1) is 0 Å². The summed E-state index contributed by atoms with van der Waals surface area (Å²) in [5, 5.41) is 2.83. The van der Waals surface area contributed by atoms with E-state index < -0.39 is 0 Å². The fraction of sp³-hybridized carbons (Fsp3) is 0.0870. The van der Waals surface area contributed by atoms with Crippen molar-refractivity contribution in [3.05, 3.63) is 95.9 Å². The SMILES string of the molecule is CC(=O)c1ccc(NC(=O)c2ccccc2OCc2cn3ccccc3n2)cc1. The maximum atomic E-state index is 12.7. The molecule has 6 nitrogen and oxygen atoms in total. The minimum absolute atomic E-state index is 0.0198. The third kappa shape index (κ3) is 4.16. The van der Waals surface area contributed by atoms with E-state index in [4.69, 9.17) is 4.74 Å². The molecule has 4 rings (SSSR count). The number of anilines is 1. The standard InChI is InChI=1S/C23H19N3O3/c1-16(27)17-9-11-18(12-10-17)25-23(28)20-6-2-3-7-21(20)29-15-19-14-26-13-5-4-8-22(26)24-19/h2-14H,15H2,1H3,(H,25,28). The van der Waals surface area contributed by atoms with Gasteiger partial charge in [0.25, 0.3) is 5.91 Å². The van der Waals surface area contributed by atoms with Gasteiger partial charge in [-0.05, 0) is 55.5 Å². The van der Waals surface area contributed by atoms with Crippen molar-refractivity contribution in [3.63, 3.8) is 0 Å². The molecule has 2 heterocycles. The molecule has 6 heteroatoms. The lowest BCUT2D eigenvalue weighted by atomic mass is 10.1. The lowest BCUT2D eigenvalue weighted by molar-refractivity contribution is 0.101. The Kier molecular flexibility index (Phi) is 5.07. The molecular weight excluding hydrogens is 366 g/mol. The van der Waals surface area contributed by atoms with E-state index in [-0.39, 0.29) is 18.3 Å². The molecule has 0 unspecified atom stereocenters. The molecule has 0 fully saturated rings. The minimum Gasteiger partial charge on any atom is -0.486 e. The fourth-order valence-corrected chi connectivity index (χ4v) is 2.98. The van der Waals surface area contributed by atoms with Crippen LogP contribution in [-0.4, -0.2) is 21.1 Å². The first-order valence-corrected chi connectivity index (χ1v) is 9.17. The maximum Gasteiger partial charge on any atom is 0.259 e. The molecule has 0 spiro atoms. The Hall–Kier alpha value is -3.93. The van der Waals surface area contributed by atoms with Gasteiger partial charge in [-0.15, -0.1) is 0 Å². The van der Waals surface area contributed by atoms with Gasteiger partial charge in [0, 0.05) is 23.6 Å². The monoisotopic (exact) mass is 385 g/mol. The zero-order valence-corrected chi connectivity index (χ0v) is 15.8. The Morgan fingerprint density at radius 2 is 1.76 bits per heavy atom. The predicted molar refractivity (Wildman–Crippen MR) is 110 cm³/mol. The first-order chi connectivity index (χ1) is 14.1. The van der Waals surface area contributed by atoms with Crippen LogP contribution in [0.25, 0.3) is 5.65 Å². The number of carbonyl (C=O) groups excluding carboxylic acids is 2. The van der Waals surface area contributed by atoms with Crippen LogP contribution in [0.2, 0.25) is 0 Å². The summed E-state index contributed by atoms with van der Waals surface area (Å²) in [6, 6.07) is 19.6. The van der Waals surface area contributed by atoms with Crippen LogP contribution < -0.4 is 10.1 Å². The molecule has 144 valence electrons. The van der Waals surface area contributed by atoms with Crippen molar-refractivity contribution in [2.45, 2.75) is 13.5 Å². The molecule has 2 aromatic carbocycles. The number of Topliss-reactive ketones (excluding diaryl/α,β-unsaturated/α-hetero) is 1. The molecule has 0 aliphatic heterocycles. The first-order valence-electron chi connectivity index (χ1n) is 9.17. The number of hydrogen-bond acceptors (Lipinski definition) is 4. The van der Waals surface area contributed by atoms with Gasteiger partial charge in [-0.1, -0.05) is 18.2 Å². The molecule has 29 heavy (non-hydrogen) atoms. The third-order valence-electron chi connectivity index (χ3n) is 4.47. The fourth-order valence-electron chi connectivity index (χ4n) is 2.98. The molecule has 0 bridgehead atoms. The van der Waals surface area contributed by atoms with Gasteiger partial charge in [0.05, 0.1) is 11.3 Å². The number of nitrogens with one attached hydrogen (secondary N) is 1. The van der Waals surface area contributed by atoms with Crippen molar-refractivity contribution in [2.24, 2.45) is 0 Å². The van der Waals surface area contributed by atoms with Gasteiger partial charge in [-0.2, -0.15) is 0 Å². The Morgan fingerprint density at radius 3 is 2.52 bits per heavy atom. The Bertz CT molecular complexity index is 1150. The third-order valence-corrected chi connectivity index (χ3v) is 4.47. The number of hydrogen-bond donors (Lipinski definition) is 1. The van der Waals surface area contributed by atoms with Crippen molar-refractivity contribution in [1.29, 1.82) is 0 Å². The predicted octanol–water partition coefficient (Wildman–Crippen LogP) is 4.37. The highest BCUT2D eigenvalue weighted by molar-refractivity contribution is 6.06. The van der Waals surface area contributed by atoms with Crippen molar-refractivity contribution in [1.82, 2.24) is 9.38 Å². The van der Waals surface area contributed by atoms with Crippen molar-refractivity contribution >= 4 is 23.0 Å². The lowest BCUT2D eigenvalue weighted by Gasteiger charge is -2.11. The number of benzene rings is 2. The molecule has 0 aliphatic carbocycles. The summed E-state index contributed by atoms with van der Waals surface area (Å²) in [7, 11) is 0. The Morgan fingerprint density at radius 1 is 1.00 bits per heavy atom. The van der Waals surface area contributed by atoms with Crippen LogP contribution in [0.5, 0.6) is 5.75 Å². The molecule has 1 amide bonds. The van der Waals surface area contributed by atoms with Crippen LogP contribution in [-0.2, 0) is 6.61 Å². The molecule has 0 atom stereocenters. The second kappa shape index (κ2) is 7.98. The average Bonchev–Trinajstić information content (AvgIpc) is 3.16. The number of amides is 1. The van der Waals surface area contributed by atoms with Crippen LogP contribution in [0.1, 0.15) is 33.3 Å². The summed E-state index contributed by atoms with van der Waals surface area (Å²) >= 11 is 0. The lowest BCUT2D eigenvalue weighted by Crippen LogP contribution is -2.13. The first kappa shape index (κ1) is 18.4. The molecular formula is C23H19N3O3. The van der Waals surface area contributed by atoms with Crippen LogP contribution in [0.15, 0.2) is 79.1 Å². The second-order valence-corrected chi connectivity index (χ2v) is 6.57. The molecule has 2 aromatic heterocycles. The smallest absolute Gasteiger partial charge is 0.259 e. The molecule has 1 N–H and O–H groups in total. The van der Waals surface area contributed by atoms with Crippen LogP contribution in [0.4, 0.5) is 5.69 Å². The molecule has 4 aromatic rings. The van der Waals surface area contributed by atoms with E-state index in [1.54, 1.807) is 42.5 Å². The van der Waals surface area contributed by atoms with E-state index in [0.717, 1.165) is 11.3 Å². The normalized spacial score (nSPS) is 10.7. The van der Waals surface area contributed by atoms with Gasteiger partial charge in [0.2, 0.25) is 0 Å². The van der Waals surface area contributed by atoms with Gasteiger partial charge in [0.15, 0.2) is 5.78 Å². The Labute approximate surface area is 167 Å². The van der Waals surface area contributed by atoms with E-state index in [2.05, 4.69) is 10.3 Å². The van der Waals surface area contributed by atoms with Crippen molar-refractivity contribution in [3.8, 4) is 5.75 Å². The number of nitrogens with zero attached hydrogens (tertiary/aromatic N) is 2. The van der Waals surface area contributed by atoms with Gasteiger partial charge >= 0.3 is 0 Å². The van der Waals surface area contributed by atoms with Gasteiger partial charge in [-0.3, -0.25) is 9.59 Å². The van der Waals surface area contributed by atoms with Crippen molar-refractivity contribution < 1.29 is 14.3 Å². The van der Waals surface area contributed by atoms with Gasteiger partial charge in [0.1, 0.15) is 18.0 Å². The molecule has 0 aliphatic rings. The van der Waals surface area contributed by atoms with Crippen LogP contribution in [0.3, 0.4) is 0 Å². The molecule has 0 radical (unpaired) electrons. The number of para-hydroxylation sites is 1. The summed E-state index contributed by atoms with van der Waals surface area (Å²) in [5.41, 5.74) is 3.23. The van der Waals surface area contributed by atoms with E-state index in [0.29, 0.717) is 22.6 Å². The summed E-state index contributed by atoms with van der Waals surface area (Å²) in [5.74, 6) is 0.169. The minimum atomic E-state index is -0.286. The maximum absolute atomic E-state index is 12.7. The zero-order chi connectivity index (χ0) is 20.2. The van der Waals surface area contributed by atoms with Gasteiger partial charge in [-0.25, -0.2) is 4.98 Å². The van der Waals surface area contributed by atoms with E-state index in [9.17, 15) is 9.59 Å². The number of rotatable bonds is 6. The highest BCUT2D eigenvalue weighted by Gasteiger charge is 2.13. The summed E-state index contributed by atoms with van der Waals surface area (Å²) in [6.07, 6.45) is 3.82. The number of carbonyl (C=O) groups is 2. The quantitative estimate of drug-likeness (QED) is 0.500. The van der Waals surface area contributed by atoms with Gasteiger partial charge < -0.3 is 14.5 Å². The summed E-state index contributed by atoms with van der Waals surface area (Å²) in [6.45, 7) is 1.75. The highest BCUT2D eigenvalue weighted by atomic mass is 16.5. The topological polar surface area (TPSA) is 72.7 Å². The summed E-state index contributed by atoms with van der Waals surface area (Å²) in [4.78, 5) is 28.6. The number of ether oxygens (including phenoxy) is 1. The van der Waals surface area contributed by atoms with E-state index in [1.165, 1.54) is 6.92 Å². The average molecular weight is 385 g/mol. The Balaban J connectivity index is 1.48.